The Morgan fingerprint density at radius 3 is 2.55 bits per heavy atom. The number of nitrogens with zero attached hydrogens (tertiary/aromatic N) is 3. The van der Waals surface area contributed by atoms with Crippen molar-refractivity contribution in [2.45, 2.75) is 0 Å². The monoisotopic (exact) mass is 270 g/mol. The molecule has 20 heavy (non-hydrogen) atoms. The van der Waals surface area contributed by atoms with Crippen molar-refractivity contribution in [2.75, 3.05) is 11.9 Å². The molecule has 0 saturated heterocycles. The average molecular weight is 270 g/mol. The van der Waals surface area contributed by atoms with Gasteiger partial charge >= 0.3 is 0 Å². The van der Waals surface area contributed by atoms with Crippen molar-refractivity contribution >= 4 is 17.4 Å². The number of pyridine rings is 1. The smallest absolute Gasteiger partial charge is 0.258 e. The molecule has 0 saturated carbocycles. The van der Waals surface area contributed by atoms with E-state index in [0.29, 0.717) is 16.8 Å². The highest BCUT2D eigenvalue weighted by Gasteiger charge is 2.17. The number of rotatable bonds is 3. The first kappa shape index (κ1) is 13.5. The standard InChI is InChI=1S/C14H14N4O2/c1-18(14(19)10-6-8-16-9-7-10)12-5-3-2-4-11(12)13(15)17-20/h2-9,20H,1H3,(H2,15,17). The first-order valence-electron chi connectivity index (χ1n) is 5.90. The minimum absolute atomic E-state index is 0.0463. The predicted octanol–water partition coefficient (Wildman–Crippen LogP) is 1.45. The number of amidine groups is 1. The van der Waals surface area contributed by atoms with Crippen molar-refractivity contribution in [1.29, 1.82) is 0 Å². The first-order chi connectivity index (χ1) is 9.65. The van der Waals surface area contributed by atoms with Crippen LogP contribution in [0.5, 0.6) is 0 Å². The van der Waals surface area contributed by atoms with Crippen molar-refractivity contribution in [3.8, 4) is 0 Å². The van der Waals surface area contributed by atoms with E-state index in [2.05, 4.69) is 10.1 Å². The number of aromatic nitrogens is 1. The van der Waals surface area contributed by atoms with E-state index in [1.54, 1.807) is 55.8 Å². The molecule has 0 aliphatic rings. The summed E-state index contributed by atoms with van der Waals surface area (Å²) in [6, 6.07) is 10.2. The topological polar surface area (TPSA) is 91.8 Å². The van der Waals surface area contributed by atoms with Crippen LogP contribution in [0.3, 0.4) is 0 Å². The van der Waals surface area contributed by atoms with Gasteiger partial charge in [-0.05, 0) is 24.3 Å². The van der Waals surface area contributed by atoms with Crippen molar-refractivity contribution in [2.24, 2.45) is 10.9 Å². The summed E-state index contributed by atoms with van der Waals surface area (Å²) in [5.41, 5.74) is 7.18. The lowest BCUT2D eigenvalue weighted by atomic mass is 10.1. The van der Waals surface area contributed by atoms with Crippen LogP contribution in [-0.4, -0.2) is 29.0 Å². The van der Waals surface area contributed by atoms with Gasteiger partial charge in [-0.15, -0.1) is 0 Å². The SMILES string of the molecule is CN(C(=O)c1ccncc1)c1ccccc1/C(N)=N/O. The van der Waals surface area contributed by atoms with E-state index in [9.17, 15) is 4.79 Å². The Labute approximate surface area is 116 Å². The van der Waals surface area contributed by atoms with Gasteiger partial charge in [0, 0.05) is 30.6 Å². The zero-order valence-corrected chi connectivity index (χ0v) is 10.9. The number of amides is 1. The molecule has 0 bridgehead atoms. The van der Waals surface area contributed by atoms with Gasteiger partial charge in [0.25, 0.3) is 5.91 Å². The third-order valence-corrected chi connectivity index (χ3v) is 2.88. The van der Waals surface area contributed by atoms with Crippen LogP contribution in [-0.2, 0) is 0 Å². The molecule has 0 spiro atoms. The fourth-order valence-corrected chi connectivity index (χ4v) is 1.83. The number of hydrogen-bond donors (Lipinski definition) is 2. The number of para-hydroxylation sites is 1. The van der Waals surface area contributed by atoms with Gasteiger partial charge in [0.05, 0.1) is 5.69 Å². The zero-order valence-electron chi connectivity index (χ0n) is 10.9. The summed E-state index contributed by atoms with van der Waals surface area (Å²) in [5.74, 6) is -0.249. The number of benzene rings is 1. The summed E-state index contributed by atoms with van der Waals surface area (Å²) in [7, 11) is 1.63. The van der Waals surface area contributed by atoms with Crippen LogP contribution in [0.4, 0.5) is 5.69 Å². The largest absolute Gasteiger partial charge is 0.409 e. The maximum absolute atomic E-state index is 12.4. The second kappa shape index (κ2) is 5.83. The van der Waals surface area contributed by atoms with Crippen molar-refractivity contribution in [1.82, 2.24) is 4.98 Å². The van der Waals surface area contributed by atoms with E-state index < -0.39 is 0 Å². The van der Waals surface area contributed by atoms with E-state index in [1.807, 2.05) is 0 Å². The van der Waals surface area contributed by atoms with Crippen molar-refractivity contribution < 1.29 is 10.0 Å². The van der Waals surface area contributed by atoms with Crippen LogP contribution in [0, 0.1) is 0 Å². The van der Waals surface area contributed by atoms with Gasteiger partial charge in [-0.1, -0.05) is 17.3 Å². The number of anilines is 1. The molecule has 1 aromatic carbocycles. The Morgan fingerprint density at radius 1 is 1.25 bits per heavy atom. The number of nitrogens with two attached hydrogens (primary N) is 1. The minimum Gasteiger partial charge on any atom is -0.409 e. The molecule has 102 valence electrons. The van der Waals surface area contributed by atoms with Crippen molar-refractivity contribution in [3.05, 3.63) is 59.9 Å². The van der Waals surface area contributed by atoms with Crippen LogP contribution < -0.4 is 10.6 Å². The molecule has 1 aromatic heterocycles. The lowest BCUT2D eigenvalue weighted by molar-refractivity contribution is 0.0993. The molecule has 0 atom stereocenters. The fourth-order valence-electron chi connectivity index (χ4n) is 1.83. The normalized spacial score (nSPS) is 11.2. The molecule has 3 N–H and O–H groups in total. The van der Waals surface area contributed by atoms with E-state index >= 15 is 0 Å². The second-order valence-electron chi connectivity index (χ2n) is 4.10. The van der Waals surface area contributed by atoms with Gasteiger partial charge in [-0.3, -0.25) is 9.78 Å². The van der Waals surface area contributed by atoms with E-state index in [-0.39, 0.29) is 11.7 Å². The van der Waals surface area contributed by atoms with Crippen LogP contribution in [0.1, 0.15) is 15.9 Å². The van der Waals surface area contributed by atoms with E-state index in [1.165, 1.54) is 4.90 Å². The van der Waals surface area contributed by atoms with Crippen LogP contribution in [0.25, 0.3) is 0 Å². The lowest BCUT2D eigenvalue weighted by Crippen LogP contribution is -2.29. The summed E-state index contributed by atoms with van der Waals surface area (Å²) in [6.45, 7) is 0. The molecular formula is C14H14N4O2. The number of hydrogen-bond acceptors (Lipinski definition) is 4. The summed E-state index contributed by atoms with van der Waals surface area (Å²) in [6.07, 6.45) is 3.10. The molecule has 6 nitrogen and oxygen atoms in total. The van der Waals surface area contributed by atoms with Gasteiger partial charge in [-0.2, -0.15) is 0 Å². The Bertz CT molecular complexity index is 641. The molecule has 6 heteroatoms. The number of carbonyl (C=O) groups excluding carboxylic acids is 1. The zero-order chi connectivity index (χ0) is 14.5. The van der Waals surface area contributed by atoms with E-state index in [4.69, 9.17) is 10.9 Å². The molecule has 0 unspecified atom stereocenters. The molecule has 1 amide bonds. The number of carbonyl (C=O) groups is 1. The van der Waals surface area contributed by atoms with Gasteiger partial charge < -0.3 is 15.8 Å². The summed E-state index contributed by atoms with van der Waals surface area (Å²) < 4.78 is 0. The van der Waals surface area contributed by atoms with Gasteiger partial charge in [0.1, 0.15) is 0 Å². The molecule has 0 aliphatic heterocycles. The second-order valence-corrected chi connectivity index (χ2v) is 4.10. The van der Waals surface area contributed by atoms with Gasteiger partial charge in [0.2, 0.25) is 0 Å². The Morgan fingerprint density at radius 2 is 1.90 bits per heavy atom. The van der Waals surface area contributed by atoms with Crippen LogP contribution in [0.15, 0.2) is 53.9 Å². The van der Waals surface area contributed by atoms with Crippen LogP contribution in [0.2, 0.25) is 0 Å². The molecule has 1 heterocycles. The van der Waals surface area contributed by atoms with Crippen molar-refractivity contribution in [3.63, 3.8) is 0 Å². The number of oxime groups is 1. The molecular weight excluding hydrogens is 256 g/mol. The molecule has 0 radical (unpaired) electrons. The lowest BCUT2D eigenvalue weighted by Gasteiger charge is -2.20. The first-order valence-corrected chi connectivity index (χ1v) is 5.90. The quantitative estimate of drug-likeness (QED) is 0.382. The summed E-state index contributed by atoms with van der Waals surface area (Å²) in [5, 5.41) is 11.8. The van der Waals surface area contributed by atoms with Crippen LogP contribution >= 0.6 is 0 Å². The third-order valence-electron chi connectivity index (χ3n) is 2.88. The summed E-state index contributed by atoms with van der Waals surface area (Å²) >= 11 is 0. The Balaban J connectivity index is 2.39. The van der Waals surface area contributed by atoms with E-state index in [0.717, 1.165) is 0 Å². The Hall–Kier alpha value is -2.89. The maximum atomic E-state index is 12.4. The predicted molar refractivity (Wildman–Crippen MR) is 75.9 cm³/mol. The molecule has 2 aromatic rings. The fraction of sp³-hybridized carbons (Fsp3) is 0.0714. The average Bonchev–Trinajstić information content (AvgIpc) is 2.53. The maximum Gasteiger partial charge on any atom is 0.258 e. The van der Waals surface area contributed by atoms with Gasteiger partial charge in [0.15, 0.2) is 5.84 Å². The highest BCUT2D eigenvalue weighted by molar-refractivity contribution is 6.10. The minimum atomic E-state index is -0.203. The highest BCUT2D eigenvalue weighted by atomic mass is 16.4. The van der Waals surface area contributed by atoms with Gasteiger partial charge in [-0.25, -0.2) is 0 Å². The molecule has 0 fully saturated rings. The summed E-state index contributed by atoms with van der Waals surface area (Å²) in [4.78, 5) is 17.7. The highest BCUT2D eigenvalue weighted by Crippen LogP contribution is 2.20. The third kappa shape index (κ3) is 2.59. The molecule has 0 aliphatic carbocycles. The Kier molecular flexibility index (Phi) is 3.95. The molecule has 2 rings (SSSR count).